The van der Waals surface area contributed by atoms with Crippen molar-refractivity contribution in [3.63, 3.8) is 0 Å². The van der Waals surface area contributed by atoms with E-state index >= 15 is 0 Å². The zero-order chi connectivity index (χ0) is 9.26. The van der Waals surface area contributed by atoms with E-state index in [0.717, 1.165) is 5.56 Å². The molecular formula is C12H12O. The Bertz CT molecular complexity index is 359. The molecule has 0 unspecified atom stereocenters. The third-order valence-electron chi connectivity index (χ3n) is 2.24. The molecule has 1 N–H and O–H groups in total. The van der Waals surface area contributed by atoms with E-state index in [4.69, 9.17) is 5.11 Å². The molecule has 0 saturated carbocycles. The minimum Gasteiger partial charge on any atom is -0.392 e. The number of rotatable bonds is 1. The fourth-order valence-corrected chi connectivity index (χ4v) is 1.54. The van der Waals surface area contributed by atoms with Crippen molar-refractivity contribution in [1.29, 1.82) is 0 Å². The van der Waals surface area contributed by atoms with Crippen LogP contribution in [0.15, 0.2) is 36.4 Å². The Labute approximate surface area is 78.0 Å². The monoisotopic (exact) mass is 172 g/mol. The summed E-state index contributed by atoms with van der Waals surface area (Å²) in [6.07, 6.45) is 0. The Kier molecular flexibility index (Phi) is 2.03. The van der Waals surface area contributed by atoms with Crippen molar-refractivity contribution in [1.82, 2.24) is 0 Å². The molecule has 2 aliphatic rings. The summed E-state index contributed by atoms with van der Waals surface area (Å²) < 4.78 is 0. The highest BCUT2D eigenvalue weighted by Gasteiger charge is 2.01. The molecule has 0 amide bonds. The van der Waals surface area contributed by atoms with E-state index in [-0.39, 0.29) is 6.61 Å². The van der Waals surface area contributed by atoms with E-state index in [9.17, 15) is 0 Å². The molecule has 0 fully saturated rings. The average molecular weight is 172 g/mol. The van der Waals surface area contributed by atoms with Crippen LogP contribution in [0.1, 0.15) is 11.1 Å². The van der Waals surface area contributed by atoms with Crippen LogP contribution in [0.25, 0.3) is 11.1 Å². The Balaban J connectivity index is 2.59. The van der Waals surface area contributed by atoms with Crippen LogP contribution >= 0.6 is 0 Å². The molecule has 2 rings (SSSR count). The molecule has 66 valence electrons. The van der Waals surface area contributed by atoms with Gasteiger partial charge in [-0.15, -0.1) is 0 Å². The van der Waals surface area contributed by atoms with Crippen LogP contribution in [-0.4, -0.2) is 5.11 Å². The van der Waals surface area contributed by atoms with Crippen LogP contribution in [0.2, 0.25) is 0 Å². The Morgan fingerprint density at radius 1 is 1.00 bits per heavy atom. The molecule has 2 aliphatic carbocycles. The van der Waals surface area contributed by atoms with Gasteiger partial charge in [0.2, 0.25) is 0 Å². The molecule has 0 aliphatic heterocycles. The van der Waals surface area contributed by atoms with Gasteiger partial charge in [-0.3, -0.25) is 0 Å². The van der Waals surface area contributed by atoms with Crippen LogP contribution in [0.3, 0.4) is 0 Å². The molecule has 13 heavy (non-hydrogen) atoms. The van der Waals surface area contributed by atoms with E-state index in [1.165, 1.54) is 16.7 Å². The normalized spacial score (nSPS) is 10.6. The van der Waals surface area contributed by atoms with Gasteiger partial charge in [-0.1, -0.05) is 36.4 Å². The van der Waals surface area contributed by atoms with Gasteiger partial charge in [-0.2, -0.15) is 0 Å². The van der Waals surface area contributed by atoms with Crippen LogP contribution in [0.4, 0.5) is 0 Å². The van der Waals surface area contributed by atoms with E-state index in [2.05, 4.69) is 19.1 Å². The van der Waals surface area contributed by atoms with Crippen LogP contribution in [0, 0.1) is 6.92 Å². The van der Waals surface area contributed by atoms with E-state index < -0.39 is 0 Å². The van der Waals surface area contributed by atoms with Gasteiger partial charge in [-0.25, -0.2) is 0 Å². The molecule has 1 nitrogen and oxygen atoms in total. The smallest absolute Gasteiger partial charge is 0.0681 e. The first kappa shape index (κ1) is 8.27. The van der Waals surface area contributed by atoms with Crippen LogP contribution in [-0.2, 0) is 6.61 Å². The Morgan fingerprint density at radius 3 is 2.00 bits per heavy atom. The maximum absolute atomic E-state index is 8.95. The summed E-state index contributed by atoms with van der Waals surface area (Å²) in [5, 5.41) is 8.95. The summed E-state index contributed by atoms with van der Waals surface area (Å²) in [5.41, 5.74) is 4.70. The largest absolute Gasteiger partial charge is 0.392 e. The second-order valence-corrected chi connectivity index (χ2v) is 3.34. The van der Waals surface area contributed by atoms with Crippen molar-refractivity contribution in [2.75, 3.05) is 0 Å². The number of fused-ring (bicyclic) bond motifs is 1. The second kappa shape index (κ2) is 3.19. The topological polar surface area (TPSA) is 20.2 Å². The fraction of sp³-hybridized carbons (Fsp3) is 0.167. The molecular weight excluding hydrogens is 160 g/mol. The first-order valence-corrected chi connectivity index (χ1v) is 4.40. The van der Waals surface area contributed by atoms with Gasteiger partial charge >= 0.3 is 0 Å². The summed E-state index contributed by atoms with van der Waals surface area (Å²) >= 11 is 0. The quantitative estimate of drug-likeness (QED) is 0.701. The molecule has 0 atom stereocenters. The summed E-state index contributed by atoms with van der Waals surface area (Å²) in [6, 6.07) is 12.3. The highest BCUT2D eigenvalue weighted by atomic mass is 16.3. The lowest BCUT2D eigenvalue weighted by Gasteiger charge is -1.85. The van der Waals surface area contributed by atoms with Gasteiger partial charge in [0.25, 0.3) is 0 Å². The maximum Gasteiger partial charge on any atom is 0.0681 e. The second-order valence-electron chi connectivity index (χ2n) is 3.34. The number of aryl methyl sites for hydroxylation is 1. The maximum atomic E-state index is 8.95. The zero-order valence-corrected chi connectivity index (χ0v) is 7.62. The molecule has 0 aromatic carbocycles. The molecule has 0 saturated heterocycles. The number of hydrogen-bond donors (Lipinski definition) is 1. The fourth-order valence-electron chi connectivity index (χ4n) is 1.54. The predicted molar refractivity (Wildman–Crippen MR) is 53.7 cm³/mol. The zero-order valence-electron chi connectivity index (χ0n) is 7.62. The molecule has 0 aromatic rings. The Morgan fingerprint density at radius 2 is 1.54 bits per heavy atom. The third kappa shape index (κ3) is 1.56. The molecule has 0 radical (unpaired) electrons. The minimum atomic E-state index is 0.107. The third-order valence-corrected chi connectivity index (χ3v) is 2.24. The first-order valence-electron chi connectivity index (χ1n) is 4.40. The van der Waals surface area contributed by atoms with Crippen molar-refractivity contribution in [2.24, 2.45) is 0 Å². The van der Waals surface area contributed by atoms with Gasteiger partial charge in [0, 0.05) is 0 Å². The first-order chi connectivity index (χ1) is 6.29. The van der Waals surface area contributed by atoms with E-state index in [1.807, 2.05) is 24.3 Å². The van der Waals surface area contributed by atoms with Gasteiger partial charge in [0.1, 0.15) is 0 Å². The number of aliphatic hydroxyl groups excluding tert-OH is 1. The van der Waals surface area contributed by atoms with Gasteiger partial charge in [0.15, 0.2) is 0 Å². The summed E-state index contributed by atoms with van der Waals surface area (Å²) in [7, 11) is 0. The van der Waals surface area contributed by atoms with E-state index in [0.29, 0.717) is 0 Å². The average Bonchev–Trinajstić information content (AvgIpc) is 2.37. The molecule has 0 spiro atoms. The van der Waals surface area contributed by atoms with Crippen molar-refractivity contribution in [3.05, 3.63) is 47.5 Å². The molecule has 1 heteroatoms. The van der Waals surface area contributed by atoms with Crippen molar-refractivity contribution in [3.8, 4) is 11.1 Å². The molecule has 0 bridgehead atoms. The van der Waals surface area contributed by atoms with Crippen molar-refractivity contribution >= 4 is 0 Å². The molecule has 0 aromatic heterocycles. The van der Waals surface area contributed by atoms with Gasteiger partial charge < -0.3 is 5.11 Å². The lowest BCUT2D eigenvalue weighted by molar-refractivity contribution is 0.282. The lowest BCUT2D eigenvalue weighted by atomic mass is 10.2. The SMILES string of the molecule is Cc1cc2ccc(CO)ccc-2c1. The van der Waals surface area contributed by atoms with Crippen LogP contribution in [0.5, 0.6) is 0 Å². The number of hydrogen-bond acceptors (Lipinski definition) is 1. The highest BCUT2D eigenvalue weighted by Crippen LogP contribution is 2.24. The van der Waals surface area contributed by atoms with Crippen molar-refractivity contribution < 1.29 is 5.11 Å². The van der Waals surface area contributed by atoms with Gasteiger partial charge in [0.05, 0.1) is 6.61 Å². The number of aliphatic hydroxyl groups is 1. The molecule has 0 heterocycles. The summed E-state index contributed by atoms with van der Waals surface area (Å²) in [4.78, 5) is 0. The standard InChI is InChI=1S/C12H12O/c1-9-6-11-4-2-10(8-13)3-5-12(11)7-9/h2-7,13H,8H2,1H3. The summed E-state index contributed by atoms with van der Waals surface area (Å²) in [5.74, 6) is 0. The lowest BCUT2D eigenvalue weighted by Crippen LogP contribution is -1.75. The highest BCUT2D eigenvalue weighted by molar-refractivity contribution is 5.68. The van der Waals surface area contributed by atoms with E-state index in [1.54, 1.807) is 0 Å². The summed E-state index contributed by atoms with van der Waals surface area (Å²) in [6.45, 7) is 2.20. The Hall–Kier alpha value is -1.34. The minimum absolute atomic E-state index is 0.107. The van der Waals surface area contributed by atoms with Gasteiger partial charge in [-0.05, 0) is 29.2 Å². The predicted octanol–water partition coefficient (Wildman–Crippen LogP) is 2.59. The van der Waals surface area contributed by atoms with Crippen LogP contribution < -0.4 is 0 Å². The van der Waals surface area contributed by atoms with Crippen molar-refractivity contribution in [2.45, 2.75) is 13.5 Å².